The molecule has 128 valence electrons. The van der Waals surface area contributed by atoms with Crippen molar-refractivity contribution in [3.05, 3.63) is 29.0 Å². The van der Waals surface area contributed by atoms with Crippen molar-refractivity contribution in [2.75, 3.05) is 0 Å². The number of nitrogens with zero attached hydrogens (tertiary/aromatic N) is 1. The van der Waals surface area contributed by atoms with E-state index in [9.17, 15) is 14.7 Å². The van der Waals surface area contributed by atoms with Gasteiger partial charge in [-0.25, -0.2) is 4.98 Å². The monoisotopic (exact) mass is 352 g/mol. The lowest BCUT2D eigenvalue weighted by atomic mass is 10.1. The average Bonchev–Trinajstić information content (AvgIpc) is 2.49. The van der Waals surface area contributed by atoms with E-state index in [4.69, 9.17) is 21.4 Å². The highest BCUT2D eigenvalue weighted by Gasteiger charge is 2.22. The number of nitrogens with one attached hydrogen (secondary N) is 1. The molecule has 8 heteroatoms. The lowest BCUT2D eigenvalue weighted by Gasteiger charge is -2.14. The summed E-state index contributed by atoms with van der Waals surface area (Å²) in [6.45, 7) is 5.05. The Morgan fingerprint density at radius 3 is 2.50 bits per heavy atom. The highest BCUT2D eigenvalue weighted by Crippen LogP contribution is 2.34. The Morgan fingerprint density at radius 2 is 1.92 bits per heavy atom. The van der Waals surface area contributed by atoms with E-state index in [1.54, 1.807) is 18.2 Å². The van der Waals surface area contributed by atoms with Crippen molar-refractivity contribution in [1.82, 2.24) is 10.3 Å². The Labute approximate surface area is 143 Å². The van der Waals surface area contributed by atoms with E-state index in [0.29, 0.717) is 16.5 Å². The third-order valence-electron chi connectivity index (χ3n) is 3.21. The van der Waals surface area contributed by atoms with Gasteiger partial charge in [0.05, 0.1) is 6.10 Å². The fourth-order valence-electron chi connectivity index (χ4n) is 2.07. The van der Waals surface area contributed by atoms with Gasteiger partial charge in [0.15, 0.2) is 11.4 Å². The molecule has 3 N–H and O–H groups in total. The summed E-state index contributed by atoms with van der Waals surface area (Å²) < 4.78 is 5.56. The number of amides is 1. The third kappa shape index (κ3) is 3.68. The largest absolute Gasteiger partial charge is 0.505 e. The number of benzene rings is 1. The Kier molecular flexibility index (Phi) is 5.14. The smallest absolute Gasteiger partial charge is 0.325 e. The number of halogens is 1. The number of carboxylic acids is 1. The highest BCUT2D eigenvalue weighted by atomic mass is 35.5. The van der Waals surface area contributed by atoms with Gasteiger partial charge in [-0.3, -0.25) is 9.59 Å². The first kappa shape index (κ1) is 17.8. The van der Waals surface area contributed by atoms with Crippen molar-refractivity contribution >= 4 is 34.2 Å². The minimum absolute atomic E-state index is 0.00475. The number of pyridine rings is 1. The number of aliphatic carboxylic acids is 1. The topological polar surface area (TPSA) is 109 Å². The van der Waals surface area contributed by atoms with Gasteiger partial charge in [-0.1, -0.05) is 11.6 Å². The van der Waals surface area contributed by atoms with Crippen LogP contribution in [0.3, 0.4) is 0 Å². The number of carbonyl (C=O) groups is 2. The van der Waals surface area contributed by atoms with Gasteiger partial charge in [0.2, 0.25) is 0 Å². The van der Waals surface area contributed by atoms with Gasteiger partial charge in [-0.15, -0.1) is 0 Å². The Morgan fingerprint density at radius 1 is 1.25 bits per heavy atom. The van der Waals surface area contributed by atoms with Crippen molar-refractivity contribution in [2.45, 2.75) is 32.9 Å². The number of hydrogen-bond acceptors (Lipinski definition) is 5. The molecule has 1 aromatic heterocycles. The molecule has 0 unspecified atom stereocenters. The van der Waals surface area contributed by atoms with Crippen LogP contribution in [0, 0.1) is 0 Å². The van der Waals surface area contributed by atoms with Gasteiger partial charge in [0.1, 0.15) is 16.9 Å². The van der Waals surface area contributed by atoms with E-state index >= 15 is 0 Å². The van der Waals surface area contributed by atoms with E-state index in [1.807, 2.05) is 13.8 Å². The first-order valence-electron chi connectivity index (χ1n) is 7.23. The lowest BCUT2D eigenvalue weighted by Crippen LogP contribution is -2.38. The first-order chi connectivity index (χ1) is 11.2. The van der Waals surface area contributed by atoms with Gasteiger partial charge in [0, 0.05) is 10.8 Å². The molecule has 0 saturated heterocycles. The number of aromatic nitrogens is 1. The van der Waals surface area contributed by atoms with E-state index < -0.39 is 17.9 Å². The van der Waals surface area contributed by atoms with Gasteiger partial charge in [-0.05, 0) is 39.0 Å². The standard InChI is InChI=1S/C16H17ClN2O5/c1-7(2)24-9-4-5-10-11(6-9)14(17)19-12(13(10)20)15(21)18-8(3)16(22)23/h4-8,20H,1-3H3,(H,18,21)(H,22,23)/t8-/m1/s1. The van der Waals surface area contributed by atoms with Gasteiger partial charge in [-0.2, -0.15) is 0 Å². The summed E-state index contributed by atoms with van der Waals surface area (Å²) in [7, 11) is 0. The molecule has 1 heterocycles. The number of fused-ring (bicyclic) bond motifs is 1. The Bertz CT molecular complexity index is 807. The molecular weight excluding hydrogens is 336 g/mol. The van der Waals surface area contributed by atoms with Crippen molar-refractivity contribution < 1.29 is 24.5 Å². The van der Waals surface area contributed by atoms with E-state index in [1.165, 1.54) is 6.92 Å². The second-order valence-corrected chi connectivity index (χ2v) is 5.87. The van der Waals surface area contributed by atoms with Crippen LogP contribution >= 0.6 is 11.6 Å². The predicted octanol–water partition coefficient (Wildman–Crippen LogP) is 2.58. The van der Waals surface area contributed by atoms with Crippen LogP contribution in [-0.4, -0.2) is 39.2 Å². The van der Waals surface area contributed by atoms with Crippen LogP contribution in [-0.2, 0) is 4.79 Å². The van der Waals surface area contributed by atoms with E-state index in [-0.39, 0.29) is 22.7 Å². The maximum atomic E-state index is 12.1. The number of carbonyl (C=O) groups excluding carboxylic acids is 1. The molecule has 2 rings (SSSR count). The molecule has 0 aliphatic heterocycles. The van der Waals surface area contributed by atoms with Crippen molar-refractivity contribution in [2.24, 2.45) is 0 Å². The second-order valence-electron chi connectivity index (χ2n) is 5.51. The van der Waals surface area contributed by atoms with Gasteiger partial charge < -0.3 is 20.3 Å². The van der Waals surface area contributed by atoms with Crippen LogP contribution in [0.1, 0.15) is 31.3 Å². The Balaban J connectivity index is 2.46. The summed E-state index contributed by atoms with van der Waals surface area (Å²) in [5, 5.41) is 22.1. The molecule has 2 aromatic rings. The van der Waals surface area contributed by atoms with Crippen molar-refractivity contribution in [1.29, 1.82) is 0 Å². The maximum Gasteiger partial charge on any atom is 0.325 e. The fourth-order valence-corrected chi connectivity index (χ4v) is 2.31. The third-order valence-corrected chi connectivity index (χ3v) is 3.50. The van der Waals surface area contributed by atoms with Crippen LogP contribution in [0.4, 0.5) is 0 Å². The molecule has 0 fully saturated rings. The number of aromatic hydroxyl groups is 1. The zero-order chi connectivity index (χ0) is 18.0. The van der Waals surface area contributed by atoms with Crippen molar-refractivity contribution in [3.63, 3.8) is 0 Å². The molecule has 0 saturated carbocycles. The van der Waals surface area contributed by atoms with Crippen LogP contribution < -0.4 is 10.1 Å². The zero-order valence-electron chi connectivity index (χ0n) is 13.3. The summed E-state index contributed by atoms with van der Waals surface area (Å²) in [5.74, 6) is -1.85. The number of ether oxygens (including phenoxy) is 1. The number of rotatable bonds is 5. The normalized spacial score (nSPS) is 12.2. The minimum Gasteiger partial charge on any atom is -0.505 e. The molecule has 0 radical (unpaired) electrons. The molecule has 0 bridgehead atoms. The minimum atomic E-state index is -1.20. The molecule has 0 spiro atoms. The molecular formula is C16H17ClN2O5. The van der Waals surface area contributed by atoms with Crippen molar-refractivity contribution in [3.8, 4) is 11.5 Å². The fraction of sp³-hybridized carbons (Fsp3) is 0.312. The van der Waals surface area contributed by atoms with Gasteiger partial charge in [0.25, 0.3) is 5.91 Å². The van der Waals surface area contributed by atoms with E-state index in [2.05, 4.69) is 10.3 Å². The summed E-state index contributed by atoms with van der Waals surface area (Å²) in [6.07, 6.45) is -0.0367. The Hall–Kier alpha value is -2.54. The van der Waals surface area contributed by atoms with Crippen LogP contribution in [0.2, 0.25) is 5.15 Å². The predicted molar refractivity (Wildman–Crippen MR) is 88.7 cm³/mol. The number of hydrogen-bond donors (Lipinski definition) is 3. The molecule has 7 nitrogen and oxygen atoms in total. The first-order valence-corrected chi connectivity index (χ1v) is 7.61. The van der Waals surface area contributed by atoms with Crippen LogP contribution in [0.5, 0.6) is 11.5 Å². The second kappa shape index (κ2) is 6.92. The van der Waals surface area contributed by atoms with Gasteiger partial charge >= 0.3 is 5.97 Å². The lowest BCUT2D eigenvalue weighted by molar-refractivity contribution is -0.138. The zero-order valence-corrected chi connectivity index (χ0v) is 14.1. The summed E-state index contributed by atoms with van der Waals surface area (Å²) in [4.78, 5) is 26.8. The quantitative estimate of drug-likeness (QED) is 0.714. The average molecular weight is 353 g/mol. The molecule has 0 aliphatic carbocycles. The molecule has 1 amide bonds. The summed E-state index contributed by atoms with van der Waals surface area (Å²) >= 11 is 6.11. The molecule has 24 heavy (non-hydrogen) atoms. The molecule has 0 aliphatic rings. The number of carboxylic acid groups (broad SMARTS) is 1. The SMILES string of the molecule is CC(C)Oc1ccc2c(O)c(C(=O)N[C@H](C)C(=O)O)nc(Cl)c2c1. The highest BCUT2D eigenvalue weighted by molar-refractivity contribution is 6.35. The van der Waals surface area contributed by atoms with E-state index in [0.717, 1.165) is 0 Å². The maximum absolute atomic E-state index is 12.1. The van der Waals surface area contributed by atoms with Crippen LogP contribution in [0.15, 0.2) is 18.2 Å². The molecule has 1 atom stereocenters. The summed E-state index contributed by atoms with van der Waals surface area (Å²) in [6, 6.07) is 3.69. The molecule has 1 aromatic carbocycles. The summed E-state index contributed by atoms with van der Waals surface area (Å²) in [5.41, 5.74) is -0.335. The van der Waals surface area contributed by atoms with Crippen LogP contribution in [0.25, 0.3) is 10.8 Å².